The Labute approximate surface area is 168 Å². The maximum Gasteiger partial charge on any atom is 0.253 e. The summed E-state index contributed by atoms with van der Waals surface area (Å²) >= 11 is 5.50. The number of aryl methyl sites for hydroxylation is 1. The number of H-pyrrole nitrogens is 1. The van der Waals surface area contributed by atoms with Gasteiger partial charge in [-0.05, 0) is 54.9 Å². The third-order valence-corrected chi connectivity index (χ3v) is 4.81. The van der Waals surface area contributed by atoms with E-state index in [1.54, 1.807) is 18.1 Å². The fraction of sp³-hybridized carbons (Fsp3) is 0.238. The van der Waals surface area contributed by atoms with Gasteiger partial charge in [0.05, 0.1) is 25.8 Å². The highest BCUT2D eigenvalue weighted by Gasteiger charge is 2.13. The SMILES string of the molecule is COc1ccc2cc(CN(CCO)C(=S)Nc3ccc(C)cc3)c(=O)[nH]c2c1. The van der Waals surface area contributed by atoms with Gasteiger partial charge in [0.1, 0.15) is 5.75 Å². The minimum Gasteiger partial charge on any atom is -0.497 e. The standard InChI is InChI=1S/C21H23N3O3S/c1-14-3-6-17(7-4-14)22-21(28)24(9-10-25)13-16-11-15-5-8-18(27-2)12-19(15)23-20(16)26/h3-8,11-12,25H,9-10,13H2,1-2H3,(H,22,28)(H,23,26). The van der Waals surface area contributed by atoms with Crippen molar-refractivity contribution >= 4 is 33.9 Å². The number of aliphatic hydroxyl groups is 1. The second kappa shape index (κ2) is 8.86. The minimum atomic E-state index is -0.193. The fourth-order valence-electron chi connectivity index (χ4n) is 2.89. The average molecular weight is 398 g/mol. The Bertz CT molecular complexity index is 1030. The van der Waals surface area contributed by atoms with E-state index < -0.39 is 0 Å². The van der Waals surface area contributed by atoms with Crippen molar-refractivity contribution in [3.63, 3.8) is 0 Å². The van der Waals surface area contributed by atoms with Crippen LogP contribution in [0.5, 0.6) is 5.75 Å². The molecule has 0 amide bonds. The van der Waals surface area contributed by atoms with Crippen LogP contribution in [-0.4, -0.2) is 40.4 Å². The fourth-order valence-corrected chi connectivity index (χ4v) is 3.16. The number of aliphatic hydroxyl groups excluding tert-OH is 1. The minimum absolute atomic E-state index is 0.0710. The van der Waals surface area contributed by atoms with Gasteiger partial charge in [-0.2, -0.15) is 0 Å². The van der Waals surface area contributed by atoms with Gasteiger partial charge >= 0.3 is 0 Å². The van der Waals surface area contributed by atoms with Crippen LogP contribution in [0.4, 0.5) is 5.69 Å². The monoisotopic (exact) mass is 397 g/mol. The number of anilines is 1. The molecule has 7 heteroatoms. The van der Waals surface area contributed by atoms with Gasteiger partial charge in [0.2, 0.25) is 0 Å². The molecule has 3 rings (SSSR count). The van der Waals surface area contributed by atoms with E-state index >= 15 is 0 Å². The van der Waals surface area contributed by atoms with Crippen LogP contribution in [0.1, 0.15) is 11.1 Å². The summed E-state index contributed by atoms with van der Waals surface area (Å²) < 4.78 is 5.20. The first-order valence-electron chi connectivity index (χ1n) is 8.93. The Morgan fingerprint density at radius 1 is 1.21 bits per heavy atom. The van der Waals surface area contributed by atoms with E-state index in [0.717, 1.165) is 16.6 Å². The maximum atomic E-state index is 12.5. The number of hydrogen-bond acceptors (Lipinski definition) is 4. The number of thiocarbonyl (C=S) groups is 1. The Hall–Kier alpha value is -2.90. The van der Waals surface area contributed by atoms with Gasteiger partial charge in [-0.3, -0.25) is 4.79 Å². The number of aromatic amines is 1. The second-order valence-corrected chi connectivity index (χ2v) is 6.90. The lowest BCUT2D eigenvalue weighted by molar-refractivity contribution is 0.248. The van der Waals surface area contributed by atoms with Crippen molar-refractivity contribution in [3.8, 4) is 5.75 Å². The highest BCUT2D eigenvalue weighted by Crippen LogP contribution is 2.19. The molecule has 6 nitrogen and oxygen atoms in total. The lowest BCUT2D eigenvalue weighted by Crippen LogP contribution is -2.37. The molecule has 0 unspecified atom stereocenters. The van der Waals surface area contributed by atoms with Crippen LogP contribution < -0.4 is 15.6 Å². The largest absolute Gasteiger partial charge is 0.497 e. The van der Waals surface area contributed by atoms with E-state index in [-0.39, 0.29) is 18.7 Å². The van der Waals surface area contributed by atoms with Crippen LogP contribution in [0, 0.1) is 6.92 Å². The van der Waals surface area contributed by atoms with Crippen molar-refractivity contribution in [2.45, 2.75) is 13.5 Å². The van der Waals surface area contributed by atoms with Gasteiger partial charge in [0.15, 0.2) is 5.11 Å². The van der Waals surface area contributed by atoms with Crippen LogP contribution >= 0.6 is 12.2 Å². The molecule has 0 radical (unpaired) electrons. The van der Waals surface area contributed by atoms with Crippen molar-refractivity contribution < 1.29 is 9.84 Å². The van der Waals surface area contributed by atoms with E-state index in [2.05, 4.69) is 10.3 Å². The number of rotatable bonds is 6. The molecular formula is C21H23N3O3S. The third kappa shape index (κ3) is 4.68. The number of fused-ring (bicyclic) bond motifs is 1. The quantitative estimate of drug-likeness (QED) is 0.555. The lowest BCUT2D eigenvalue weighted by atomic mass is 10.1. The highest BCUT2D eigenvalue weighted by atomic mass is 32.1. The molecule has 0 saturated heterocycles. The van der Waals surface area contributed by atoms with Crippen molar-refractivity contribution in [2.24, 2.45) is 0 Å². The lowest BCUT2D eigenvalue weighted by Gasteiger charge is -2.25. The first-order valence-corrected chi connectivity index (χ1v) is 9.34. The molecular weight excluding hydrogens is 374 g/mol. The number of benzene rings is 2. The van der Waals surface area contributed by atoms with Crippen molar-refractivity contribution in [2.75, 3.05) is 25.6 Å². The van der Waals surface area contributed by atoms with E-state index in [4.69, 9.17) is 17.0 Å². The normalized spacial score (nSPS) is 10.7. The summed E-state index contributed by atoms with van der Waals surface area (Å²) in [5, 5.41) is 14.0. The molecule has 1 heterocycles. The molecule has 0 aliphatic rings. The zero-order valence-corrected chi connectivity index (χ0v) is 16.7. The van der Waals surface area contributed by atoms with Crippen molar-refractivity contribution in [3.05, 3.63) is 70.0 Å². The molecule has 28 heavy (non-hydrogen) atoms. The van der Waals surface area contributed by atoms with Crippen LogP contribution in [0.2, 0.25) is 0 Å². The molecule has 0 bridgehead atoms. The first-order chi connectivity index (χ1) is 13.5. The van der Waals surface area contributed by atoms with Gasteiger partial charge in [-0.1, -0.05) is 17.7 Å². The smallest absolute Gasteiger partial charge is 0.253 e. The second-order valence-electron chi connectivity index (χ2n) is 6.52. The summed E-state index contributed by atoms with van der Waals surface area (Å²) in [6, 6.07) is 15.2. The van der Waals surface area contributed by atoms with Crippen molar-refractivity contribution in [1.29, 1.82) is 0 Å². The third-order valence-electron chi connectivity index (χ3n) is 4.45. The number of pyridine rings is 1. The molecule has 2 aromatic carbocycles. The van der Waals surface area contributed by atoms with Gasteiger partial charge in [0, 0.05) is 23.9 Å². The highest BCUT2D eigenvalue weighted by molar-refractivity contribution is 7.80. The predicted octanol–water partition coefficient (Wildman–Crippen LogP) is 3.04. The Morgan fingerprint density at radius 2 is 1.96 bits per heavy atom. The van der Waals surface area contributed by atoms with Gasteiger partial charge in [0.25, 0.3) is 5.56 Å². The number of nitrogens with one attached hydrogen (secondary N) is 2. The molecule has 0 atom stereocenters. The Morgan fingerprint density at radius 3 is 2.64 bits per heavy atom. The zero-order chi connectivity index (χ0) is 20.1. The molecule has 3 aromatic rings. The molecule has 0 saturated carbocycles. The van der Waals surface area contributed by atoms with Crippen LogP contribution in [0.15, 0.2) is 53.3 Å². The summed E-state index contributed by atoms with van der Waals surface area (Å²) in [5.74, 6) is 0.682. The van der Waals surface area contributed by atoms with E-state index in [0.29, 0.717) is 28.5 Å². The molecule has 146 valence electrons. The van der Waals surface area contributed by atoms with E-state index in [1.807, 2.05) is 49.4 Å². The van der Waals surface area contributed by atoms with Crippen molar-refractivity contribution in [1.82, 2.24) is 9.88 Å². The summed E-state index contributed by atoms with van der Waals surface area (Å²) in [5.41, 5.74) is 3.10. The van der Waals surface area contributed by atoms with Crippen LogP contribution in [-0.2, 0) is 6.54 Å². The number of aromatic nitrogens is 1. The molecule has 0 fully saturated rings. The van der Waals surface area contributed by atoms with Gasteiger partial charge in [-0.15, -0.1) is 0 Å². The predicted molar refractivity (Wildman–Crippen MR) is 116 cm³/mol. The summed E-state index contributed by atoms with van der Waals surface area (Å²) in [4.78, 5) is 17.2. The van der Waals surface area contributed by atoms with Gasteiger partial charge < -0.3 is 25.0 Å². The Kier molecular flexibility index (Phi) is 6.28. The zero-order valence-electron chi connectivity index (χ0n) is 15.9. The number of methoxy groups -OCH3 is 1. The number of ether oxygens (including phenoxy) is 1. The number of hydrogen-bond donors (Lipinski definition) is 3. The van der Waals surface area contributed by atoms with Gasteiger partial charge in [-0.25, -0.2) is 0 Å². The topological polar surface area (TPSA) is 77.6 Å². The molecule has 0 aliphatic carbocycles. The molecule has 0 spiro atoms. The summed E-state index contributed by atoms with van der Waals surface area (Å²) in [7, 11) is 1.59. The summed E-state index contributed by atoms with van der Waals surface area (Å²) in [6.45, 7) is 2.55. The van der Waals surface area contributed by atoms with Crippen LogP contribution in [0.25, 0.3) is 10.9 Å². The molecule has 3 N–H and O–H groups in total. The Balaban J connectivity index is 1.83. The number of nitrogens with zero attached hydrogens (tertiary/aromatic N) is 1. The molecule has 1 aromatic heterocycles. The van der Waals surface area contributed by atoms with E-state index in [1.165, 1.54) is 0 Å². The maximum absolute atomic E-state index is 12.5. The first kappa shape index (κ1) is 19.9. The summed E-state index contributed by atoms with van der Waals surface area (Å²) in [6.07, 6.45) is 0. The van der Waals surface area contributed by atoms with E-state index in [9.17, 15) is 9.90 Å². The average Bonchev–Trinajstić information content (AvgIpc) is 2.69. The molecule has 0 aliphatic heterocycles. The van der Waals surface area contributed by atoms with Crippen LogP contribution in [0.3, 0.4) is 0 Å².